The summed E-state index contributed by atoms with van der Waals surface area (Å²) in [5.41, 5.74) is -1.13. The molecule has 0 heterocycles. The van der Waals surface area contributed by atoms with E-state index in [1.165, 1.54) is 19.2 Å². The van der Waals surface area contributed by atoms with E-state index in [4.69, 9.17) is 4.74 Å². The average molecular weight is 423 g/mol. The van der Waals surface area contributed by atoms with Crippen LogP contribution >= 0.6 is 22.6 Å². The van der Waals surface area contributed by atoms with Crippen LogP contribution in [0.2, 0.25) is 0 Å². The first kappa shape index (κ1) is 16.7. The van der Waals surface area contributed by atoms with Crippen molar-refractivity contribution in [2.24, 2.45) is 0 Å². The second kappa shape index (κ2) is 6.62. The van der Waals surface area contributed by atoms with Crippen molar-refractivity contribution in [3.05, 3.63) is 27.8 Å². The number of ether oxygens (including phenoxy) is 1. The zero-order chi connectivity index (χ0) is 15.5. The Morgan fingerprint density at radius 2 is 1.76 bits per heavy atom. The summed E-state index contributed by atoms with van der Waals surface area (Å²) < 4.78 is 33.4. The Labute approximate surface area is 138 Å². The first-order valence-corrected chi connectivity index (χ1v) is 9.34. The van der Waals surface area contributed by atoms with Crippen LogP contribution in [-0.2, 0) is 19.6 Å². The number of hydrogen-bond donors (Lipinski definition) is 1. The topological polar surface area (TPSA) is 72.5 Å². The van der Waals surface area contributed by atoms with E-state index in [9.17, 15) is 13.2 Å². The molecule has 21 heavy (non-hydrogen) atoms. The molecule has 1 aliphatic carbocycles. The largest absolute Gasteiger partial charge is 0.468 e. The van der Waals surface area contributed by atoms with E-state index < -0.39 is 21.5 Å². The summed E-state index contributed by atoms with van der Waals surface area (Å²) in [6.45, 7) is 0. The van der Waals surface area contributed by atoms with Gasteiger partial charge in [-0.3, -0.25) is 4.79 Å². The van der Waals surface area contributed by atoms with Gasteiger partial charge in [0.15, 0.2) is 0 Å². The van der Waals surface area contributed by atoms with Gasteiger partial charge in [0.25, 0.3) is 0 Å². The molecule has 2 rings (SSSR count). The van der Waals surface area contributed by atoms with E-state index in [1.54, 1.807) is 12.1 Å². The van der Waals surface area contributed by atoms with Gasteiger partial charge in [0.1, 0.15) is 5.54 Å². The van der Waals surface area contributed by atoms with Gasteiger partial charge in [-0.1, -0.05) is 19.3 Å². The zero-order valence-corrected chi connectivity index (χ0v) is 14.7. The number of halogens is 1. The Morgan fingerprint density at radius 3 is 2.29 bits per heavy atom. The number of nitrogens with one attached hydrogen (secondary N) is 1. The third kappa shape index (κ3) is 3.75. The summed E-state index contributed by atoms with van der Waals surface area (Å²) in [5.74, 6) is -0.503. The number of hydrogen-bond acceptors (Lipinski definition) is 4. The molecule has 1 N–H and O–H groups in total. The van der Waals surface area contributed by atoms with Crippen LogP contribution < -0.4 is 4.72 Å². The van der Waals surface area contributed by atoms with Crippen LogP contribution in [0.3, 0.4) is 0 Å². The minimum absolute atomic E-state index is 0.164. The molecule has 1 saturated carbocycles. The highest BCUT2D eigenvalue weighted by Gasteiger charge is 2.44. The SMILES string of the molecule is COC(=O)C1(NS(=O)(=O)c2ccc(I)cc2)CCCCC1. The summed E-state index contributed by atoms with van der Waals surface area (Å²) in [6.07, 6.45) is 3.57. The summed E-state index contributed by atoms with van der Waals surface area (Å²) in [7, 11) is -2.45. The number of carbonyl (C=O) groups excluding carboxylic acids is 1. The normalized spacial score (nSPS) is 18.2. The highest BCUT2D eigenvalue weighted by atomic mass is 127. The maximum Gasteiger partial charge on any atom is 0.327 e. The molecule has 0 amide bonds. The van der Waals surface area contributed by atoms with Crippen LogP contribution in [0, 0.1) is 3.57 Å². The van der Waals surface area contributed by atoms with Crippen LogP contribution in [0.25, 0.3) is 0 Å². The van der Waals surface area contributed by atoms with Gasteiger partial charge in [-0.25, -0.2) is 8.42 Å². The molecule has 0 aliphatic heterocycles. The van der Waals surface area contributed by atoms with Gasteiger partial charge < -0.3 is 4.74 Å². The monoisotopic (exact) mass is 423 g/mol. The maximum atomic E-state index is 12.5. The lowest BCUT2D eigenvalue weighted by molar-refractivity contribution is -0.149. The fourth-order valence-electron chi connectivity index (χ4n) is 2.63. The molecule has 116 valence electrons. The molecular formula is C14H18INO4S. The minimum atomic E-state index is -3.74. The lowest BCUT2D eigenvalue weighted by atomic mass is 9.83. The molecule has 1 aliphatic rings. The lowest BCUT2D eigenvalue weighted by Crippen LogP contribution is -2.55. The molecule has 7 heteroatoms. The fourth-order valence-corrected chi connectivity index (χ4v) is 4.40. The van der Waals surface area contributed by atoms with Crippen molar-refractivity contribution in [1.29, 1.82) is 0 Å². The highest BCUT2D eigenvalue weighted by molar-refractivity contribution is 14.1. The zero-order valence-electron chi connectivity index (χ0n) is 11.8. The van der Waals surface area contributed by atoms with Crippen molar-refractivity contribution < 1.29 is 17.9 Å². The summed E-state index contributed by atoms with van der Waals surface area (Å²) in [6, 6.07) is 6.53. The Balaban J connectivity index is 2.31. The summed E-state index contributed by atoms with van der Waals surface area (Å²) in [5, 5.41) is 0. The highest BCUT2D eigenvalue weighted by Crippen LogP contribution is 2.31. The molecule has 0 bridgehead atoms. The molecule has 1 fully saturated rings. The first-order chi connectivity index (χ1) is 9.89. The molecule has 0 unspecified atom stereocenters. The lowest BCUT2D eigenvalue weighted by Gasteiger charge is -2.34. The maximum absolute atomic E-state index is 12.5. The minimum Gasteiger partial charge on any atom is -0.468 e. The Bertz CT molecular complexity index is 606. The number of benzene rings is 1. The quantitative estimate of drug-likeness (QED) is 0.597. The van der Waals surface area contributed by atoms with Gasteiger partial charge in [0, 0.05) is 3.57 Å². The van der Waals surface area contributed by atoms with Crippen LogP contribution in [0.15, 0.2) is 29.2 Å². The predicted octanol–water partition coefficient (Wildman–Crippen LogP) is 2.45. The summed E-state index contributed by atoms with van der Waals surface area (Å²) in [4.78, 5) is 12.3. The van der Waals surface area contributed by atoms with Crippen LogP contribution in [-0.4, -0.2) is 27.0 Å². The van der Waals surface area contributed by atoms with E-state index in [2.05, 4.69) is 27.3 Å². The molecule has 0 atom stereocenters. The van der Waals surface area contributed by atoms with Crippen LogP contribution in [0.5, 0.6) is 0 Å². The second-order valence-corrected chi connectivity index (χ2v) is 8.12. The third-order valence-corrected chi connectivity index (χ3v) is 6.01. The second-order valence-electron chi connectivity index (χ2n) is 5.19. The van der Waals surface area contributed by atoms with Crippen molar-refractivity contribution in [2.75, 3.05) is 7.11 Å². The van der Waals surface area contributed by atoms with Gasteiger partial charge in [-0.15, -0.1) is 0 Å². The van der Waals surface area contributed by atoms with Crippen molar-refractivity contribution in [3.8, 4) is 0 Å². The molecule has 0 aromatic heterocycles. The number of carbonyl (C=O) groups is 1. The molecule has 5 nitrogen and oxygen atoms in total. The average Bonchev–Trinajstić information content (AvgIpc) is 2.47. The van der Waals surface area contributed by atoms with E-state index in [-0.39, 0.29) is 4.90 Å². The van der Waals surface area contributed by atoms with E-state index in [0.717, 1.165) is 22.8 Å². The number of sulfonamides is 1. The van der Waals surface area contributed by atoms with E-state index in [1.807, 2.05) is 0 Å². The smallest absolute Gasteiger partial charge is 0.327 e. The van der Waals surface area contributed by atoms with Crippen molar-refractivity contribution in [2.45, 2.75) is 42.5 Å². The predicted molar refractivity (Wildman–Crippen MR) is 87.3 cm³/mol. The standard InChI is InChI=1S/C14H18INO4S/c1-20-13(17)14(9-3-2-4-10-14)16-21(18,19)12-7-5-11(15)6-8-12/h5-8,16H,2-4,9-10H2,1H3. The van der Waals surface area contributed by atoms with Crippen molar-refractivity contribution in [1.82, 2.24) is 4.72 Å². The molecule has 1 aromatic rings. The van der Waals surface area contributed by atoms with Gasteiger partial charge in [0.2, 0.25) is 10.0 Å². The third-order valence-electron chi connectivity index (χ3n) is 3.74. The molecule has 0 saturated heterocycles. The number of esters is 1. The van der Waals surface area contributed by atoms with Gasteiger partial charge in [-0.2, -0.15) is 4.72 Å². The Morgan fingerprint density at radius 1 is 1.19 bits per heavy atom. The van der Waals surface area contributed by atoms with Crippen molar-refractivity contribution >= 4 is 38.6 Å². The van der Waals surface area contributed by atoms with Gasteiger partial charge in [0.05, 0.1) is 12.0 Å². The fraction of sp³-hybridized carbons (Fsp3) is 0.500. The van der Waals surface area contributed by atoms with Crippen LogP contribution in [0.4, 0.5) is 0 Å². The molecule has 0 radical (unpaired) electrons. The molecular weight excluding hydrogens is 405 g/mol. The van der Waals surface area contributed by atoms with Crippen molar-refractivity contribution in [3.63, 3.8) is 0 Å². The summed E-state index contributed by atoms with van der Waals surface area (Å²) >= 11 is 2.11. The Kier molecular flexibility index (Phi) is 5.26. The van der Waals surface area contributed by atoms with E-state index >= 15 is 0 Å². The number of methoxy groups -OCH3 is 1. The molecule has 1 aromatic carbocycles. The first-order valence-electron chi connectivity index (χ1n) is 6.78. The Hall–Kier alpha value is -0.670. The molecule has 0 spiro atoms. The van der Waals surface area contributed by atoms with Crippen LogP contribution in [0.1, 0.15) is 32.1 Å². The van der Waals surface area contributed by atoms with Gasteiger partial charge >= 0.3 is 5.97 Å². The van der Waals surface area contributed by atoms with Gasteiger partial charge in [-0.05, 0) is 59.7 Å². The van der Waals surface area contributed by atoms with E-state index in [0.29, 0.717) is 12.8 Å². The number of rotatable bonds is 4.